The van der Waals surface area contributed by atoms with Crippen molar-refractivity contribution in [3.8, 4) is 5.75 Å². The molecule has 224 valence electrons. The molecule has 41 heavy (non-hydrogen) atoms. The van der Waals surface area contributed by atoms with E-state index in [1.807, 2.05) is 42.5 Å². The standard InChI is InChI=1S/C35H48O6/c1-2-3-5-14-28(41-35-16-8-9-19-38-35)17-18-29-30-20-26-13-10-15-33(31(26)21-27(30)22-32(29)36)39-24-34(37)40-23-25-11-6-4-7-12-25/h4,6-7,10-13,15,27-30,32,35-36H,2-3,5,8-9,14,16-24H2,1H3. The first-order chi connectivity index (χ1) is 20.1. The van der Waals surface area contributed by atoms with Crippen molar-refractivity contribution in [1.82, 2.24) is 0 Å². The molecule has 6 nitrogen and oxygen atoms in total. The maximum absolute atomic E-state index is 12.4. The average Bonchev–Trinajstić information content (AvgIpc) is 3.31. The molecule has 6 atom stereocenters. The summed E-state index contributed by atoms with van der Waals surface area (Å²) in [7, 11) is 0. The zero-order valence-electron chi connectivity index (χ0n) is 24.7. The van der Waals surface area contributed by atoms with Crippen molar-refractivity contribution in [2.24, 2.45) is 17.8 Å². The summed E-state index contributed by atoms with van der Waals surface area (Å²) in [5, 5.41) is 11.2. The highest BCUT2D eigenvalue weighted by Crippen LogP contribution is 2.48. The number of carbonyl (C=O) groups excluding carboxylic acids is 1. The molecule has 6 unspecified atom stereocenters. The first-order valence-corrected chi connectivity index (χ1v) is 16.0. The predicted molar refractivity (Wildman–Crippen MR) is 159 cm³/mol. The lowest BCUT2D eigenvalue weighted by molar-refractivity contribution is -0.191. The molecule has 1 N–H and O–H groups in total. The van der Waals surface area contributed by atoms with E-state index in [0.717, 1.165) is 69.3 Å². The second kappa shape index (κ2) is 15.2. The molecule has 0 bridgehead atoms. The minimum absolute atomic E-state index is 0.0628. The molecule has 2 aromatic rings. The summed E-state index contributed by atoms with van der Waals surface area (Å²) >= 11 is 0. The van der Waals surface area contributed by atoms with Gasteiger partial charge in [-0.15, -0.1) is 0 Å². The SMILES string of the molecule is CCCCCC(CCC1C(O)CC2Cc3c(cccc3OCC(=O)OCc3ccccc3)CC21)OC1CCCCO1. The fraction of sp³-hybridized carbons (Fsp3) is 0.629. The molecule has 1 heterocycles. The Bertz CT molecular complexity index is 1080. The van der Waals surface area contributed by atoms with Crippen LogP contribution in [-0.2, 0) is 38.5 Å². The van der Waals surface area contributed by atoms with E-state index in [2.05, 4.69) is 13.0 Å². The van der Waals surface area contributed by atoms with Gasteiger partial charge in [0.15, 0.2) is 12.9 Å². The van der Waals surface area contributed by atoms with Gasteiger partial charge < -0.3 is 24.1 Å². The summed E-state index contributed by atoms with van der Waals surface area (Å²) in [6.07, 6.45) is 12.5. The van der Waals surface area contributed by atoms with Gasteiger partial charge in [-0.3, -0.25) is 0 Å². The molecule has 1 aliphatic heterocycles. The van der Waals surface area contributed by atoms with Crippen molar-refractivity contribution < 1.29 is 28.8 Å². The molecule has 0 amide bonds. The van der Waals surface area contributed by atoms with Crippen molar-refractivity contribution in [3.05, 3.63) is 65.2 Å². The van der Waals surface area contributed by atoms with Gasteiger partial charge in [0.25, 0.3) is 0 Å². The summed E-state index contributed by atoms with van der Waals surface area (Å²) < 4.78 is 23.8. The van der Waals surface area contributed by atoms with Crippen LogP contribution in [-0.4, -0.2) is 42.8 Å². The molecule has 1 saturated heterocycles. The van der Waals surface area contributed by atoms with Crippen LogP contribution in [0.3, 0.4) is 0 Å². The van der Waals surface area contributed by atoms with Crippen LogP contribution in [0.25, 0.3) is 0 Å². The van der Waals surface area contributed by atoms with Crippen LogP contribution in [0.5, 0.6) is 5.75 Å². The Labute approximate surface area is 245 Å². The first-order valence-electron chi connectivity index (χ1n) is 16.0. The molecule has 2 fully saturated rings. The summed E-state index contributed by atoms with van der Waals surface area (Å²) in [5.74, 6) is 1.58. The predicted octanol–water partition coefficient (Wildman–Crippen LogP) is 6.79. The van der Waals surface area contributed by atoms with Gasteiger partial charge in [0.1, 0.15) is 12.4 Å². The number of carbonyl (C=O) groups is 1. The number of aliphatic hydroxyl groups is 1. The molecule has 1 saturated carbocycles. The lowest BCUT2D eigenvalue weighted by Crippen LogP contribution is -2.31. The van der Waals surface area contributed by atoms with E-state index in [0.29, 0.717) is 11.8 Å². The lowest BCUT2D eigenvalue weighted by Gasteiger charge is -2.33. The Kier molecular flexibility index (Phi) is 11.1. The van der Waals surface area contributed by atoms with Crippen molar-refractivity contribution >= 4 is 5.97 Å². The highest BCUT2D eigenvalue weighted by Gasteiger charge is 2.45. The topological polar surface area (TPSA) is 74.2 Å². The van der Waals surface area contributed by atoms with Crippen LogP contribution in [0, 0.1) is 17.8 Å². The number of hydrogen-bond acceptors (Lipinski definition) is 6. The number of rotatable bonds is 14. The number of aliphatic hydroxyl groups excluding tert-OH is 1. The fourth-order valence-electron chi connectivity index (χ4n) is 7.17. The summed E-state index contributed by atoms with van der Waals surface area (Å²) in [6, 6.07) is 15.8. The van der Waals surface area contributed by atoms with Crippen LogP contribution in [0.15, 0.2) is 48.5 Å². The van der Waals surface area contributed by atoms with Crippen LogP contribution in [0.1, 0.15) is 87.8 Å². The van der Waals surface area contributed by atoms with Gasteiger partial charge >= 0.3 is 5.97 Å². The monoisotopic (exact) mass is 564 g/mol. The Morgan fingerprint density at radius 2 is 1.93 bits per heavy atom. The lowest BCUT2D eigenvalue weighted by atomic mass is 9.73. The van der Waals surface area contributed by atoms with E-state index in [9.17, 15) is 9.90 Å². The Morgan fingerprint density at radius 3 is 2.73 bits per heavy atom. The maximum atomic E-state index is 12.4. The highest BCUT2D eigenvalue weighted by atomic mass is 16.7. The quantitative estimate of drug-likeness (QED) is 0.201. The number of fused-ring (bicyclic) bond motifs is 2. The molecule has 0 aromatic heterocycles. The van der Waals surface area contributed by atoms with Crippen molar-refractivity contribution in [3.63, 3.8) is 0 Å². The molecular weight excluding hydrogens is 516 g/mol. The molecule has 6 heteroatoms. The maximum Gasteiger partial charge on any atom is 0.344 e. The smallest absolute Gasteiger partial charge is 0.344 e. The van der Waals surface area contributed by atoms with Gasteiger partial charge in [-0.25, -0.2) is 4.79 Å². The van der Waals surface area contributed by atoms with E-state index in [-0.39, 0.29) is 43.6 Å². The third-order valence-electron chi connectivity index (χ3n) is 9.37. The molecule has 2 aliphatic carbocycles. The van der Waals surface area contributed by atoms with Crippen molar-refractivity contribution in [1.29, 1.82) is 0 Å². The third kappa shape index (κ3) is 8.33. The first kappa shape index (κ1) is 30.1. The normalized spacial score (nSPS) is 26.1. The third-order valence-corrected chi connectivity index (χ3v) is 9.37. The van der Waals surface area contributed by atoms with Gasteiger partial charge in [0.2, 0.25) is 0 Å². The number of hydrogen-bond donors (Lipinski definition) is 1. The number of ether oxygens (including phenoxy) is 4. The molecular formula is C35H48O6. The number of unbranched alkanes of at least 4 members (excludes halogenated alkanes) is 2. The van der Waals surface area contributed by atoms with Crippen molar-refractivity contribution in [2.45, 2.75) is 109 Å². The summed E-state index contributed by atoms with van der Waals surface area (Å²) in [5.41, 5.74) is 3.43. The molecule has 0 spiro atoms. The average molecular weight is 565 g/mol. The minimum Gasteiger partial charge on any atom is -0.482 e. The largest absolute Gasteiger partial charge is 0.482 e. The van der Waals surface area contributed by atoms with E-state index >= 15 is 0 Å². The molecule has 0 radical (unpaired) electrons. The van der Waals surface area contributed by atoms with Gasteiger partial charge in [0.05, 0.1) is 12.2 Å². The van der Waals surface area contributed by atoms with Crippen LogP contribution < -0.4 is 4.74 Å². The van der Waals surface area contributed by atoms with Crippen LogP contribution in [0.2, 0.25) is 0 Å². The van der Waals surface area contributed by atoms with E-state index in [1.54, 1.807) is 0 Å². The second-order valence-corrected chi connectivity index (χ2v) is 12.3. The zero-order chi connectivity index (χ0) is 28.4. The molecule has 5 rings (SSSR count). The molecule has 2 aromatic carbocycles. The van der Waals surface area contributed by atoms with Gasteiger partial charge in [-0.1, -0.05) is 68.7 Å². The molecule has 3 aliphatic rings. The Morgan fingerprint density at radius 1 is 1.05 bits per heavy atom. The summed E-state index contributed by atoms with van der Waals surface area (Å²) in [4.78, 5) is 12.4. The van der Waals surface area contributed by atoms with Gasteiger partial charge in [0, 0.05) is 6.61 Å². The summed E-state index contributed by atoms with van der Waals surface area (Å²) in [6.45, 7) is 3.19. The van der Waals surface area contributed by atoms with Crippen molar-refractivity contribution in [2.75, 3.05) is 13.2 Å². The van der Waals surface area contributed by atoms with E-state index in [1.165, 1.54) is 36.8 Å². The Balaban J connectivity index is 1.16. The van der Waals surface area contributed by atoms with E-state index in [4.69, 9.17) is 18.9 Å². The van der Waals surface area contributed by atoms with Crippen LogP contribution in [0.4, 0.5) is 0 Å². The Hall–Kier alpha value is -2.41. The van der Waals surface area contributed by atoms with Gasteiger partial charge in [-0.2, -0.15) is 0 Å². The fourth-order valence-corrected chi connectivity index (χ4v) is 7.17. The second-order valence-electron chi connectivity index (χ2n) is 12.3. The van der Waals surface area contributed by atoms with Crippen LogP contribution >= 0.6 is 0 Å². The highest BCUT2D eigenvalue weighted by molar-refractivity contribution is 5.71. The van der Waals surface area contributed by atoms with Gasteiger partial charge in [-0.05, 0) is 98.3 Å². The zero-order valence-corrected chi connectivity index (χ0v) is 24.7. The van der Waals surface area contributed by atoms with E-state index < -0.39 is 0 Å². The number of benzene rings is 2. The minimum atomic E-state index is -0.370. The number of esters is 1.